The van der Waals surface area contributed by atoms with E-state index in [0.29, 0.717) is 0 Å². The van der Waals surface area contributed by atoms with E-state index in [9.17, 15) is 0 Å². The molecule has 2 N–H and O–H groups in total. The van der Waals surface area contributed by atoms with Crippen LogP contribution in [-0.4, -0.2) is 5.75 Å². The Balaban J connectivity index is 2.04. The summed E-state index contributed by atoms with van der Waals surface area (Å²) in [5, 5.41) is 2.10. The first-order valence-electron chi connectivity index (χ1n) is 5.66. The van der Waals surface area contributed by atoms with Crippen LogP contribution in [-0.2, 0) is 0 Å². The number of aryl methyl sites for hydroxylation is 2. The zero-order valence-corrected chi connectivity index (χ0v) is 11.8. The Hall–Kier alpha value is -0.770. The number of rotatable bonds is 4. The van der Waals surface area contributed by atoms with Crippen LogP contribution in [0, 0.1) is 13.8 Å². The van der Waals surface area contributed by atoms with Gasteiger partial charge in [0.25, 0.3) is 0 Å². The van der Waals surface area contributed by atoms with Gasteiger partial charge in [-0.15, -0.1) is 23.1 Å². The fourth-order valence-corrected chi connectivity index (χ4v) is 3.56. The molecule has 0 bridgehead atoms. The van der Waals surface area contributed by atoms with Crippen molar-refractivity contribution in [3.05, 3.63) is 52.4 Å². The largest absolute Gasteiger partial charge is 0.323 e. The van der Waals surface area contributed by atoms with E-state index in [2.05, 4.69) is 49.6 Å². The van der Waals surface area contributed by atoms with Gasteiger partial charge in [0.05, 0.1) is 4.21 Å². The summed E-state index contributed by atoms with van der Waals surface area (Å²) >= 11 is 3.61. The van der Waals surface area contributed by atoms with Crippen molar-refractivity contribution in [1.29, 1.82) is 0 Å². The molecule has 0 aliphatic carbocycles. The zero-order chi connectivity index (χ0) is 12.3. The molecule has 1 aromatic heterocycles. The summed E-state index contributed by atoms with van der Waals surface area (Å²) in [7, 11) is 0. The molecule has 3 heteroatoms. The normalized spacial score (nSPS) is 12.6. The number of nitrogens with two attached hydrogens (primary N) is 1. The number of hydrogen-bond acceptors (Lipinski definition) is 3. The molecule has 1 unspecified atom stereocenters. The molecule has 0 amide bonds. The monoisotopic (exact) mass is 263 g/mol. The van der Waals surface area contributed by atoms with Gasteiger partial charge in [0, 0.05) is 11.8 Å². The van der Waals surface area contributed by atoms with Gasteiger partial charge in [0.15, 0.2) is 0 Å². The summed E-state index contributed by atoms with van der Waals surface area (Å²) in [6, 6.07) is 10.8. The van der Waals surface area contributed by atoms with Crippen LogP contribution in [0.4, 0.5) is 0 Å². The van der Waals surface area contributed by atoms with E-state index >= 15 is 0 Å². The lowest BCUT2D eigenvalue weighted by atomic mass is 10.0. The molecule has 0 spiro atoms. The second kappa shape index (κ2) is 5.71. The third kappa shape index (κ3) is 3.35. The molecule has 1 heterocycles. The van der Waals surface area contributed by atoms with E-state index in [1.54, 1.807) is 11.3 Å². The number of thiophene rings is 1. The van der Waals surface area contributed by atoms with Crippen molar-refractivity contribution in [1.82, 2.24) is 0 Å². The molecular weight excluding hydrogens is 246 g/mol. The van der Waals surface area contributed by atoms with Crippen molar-refractivity contribution in [2.24, 2.45) is 5.73 Å². The van der Waals surface area contributed by atoms with Crippen molar-refractivity contribution in [3.8, 4) is 0 Å². The molecular formula is C14H17NS2. The van der Waals surface area contributed by atoms with Crippen LogP contribution in [0.1, 0.15) is 22.7 Å². The topological polar surface area (TPSA) is 26.0 Å². The average Bonchev–Trinajstić information content (AvgIpc) is 2.82. The van der Waals surface area contributed by atoms with Crippen molar-refractivity contribution in [2.75, 3.05) is 5.75 Å². The summed E-state index contributed by atoms with van der Waals surface area (Å²) in [5.41, 5.74) is 10.1. The maximum absolute atomic E-state index is 6.27. The third-order valence-electron chi connectivity index (χ3n) is 2.73. The van der Waals surface area contributed by atoms with Crippen LogP contribution in [0.25, 0.3) is 0 Å². The lowest BCUT2D eigenvalue weighted by Crippen LogP contribution is -2.14. The fourth-order valence-electron chi connectivity index (χ4n) is 1.77. The lowest BCUT2D eigenvalue weighted by Gasteiger charge is -2.14. The summed E-state index contributed by atoms with van der Waals surface area (Å²) in [5.74, 6) is 0.935. The van der Waals surface area contributed by atoms with Gasteiger partial charge in [0.2, 0.25) is 0 Å². The number of thioether (sulfide) groups is 1. The maximum Gasteiger partial charge on any atom is 0.0599 e. The standard InChI is InChI=1S/C14H17NS2/c1-10-5-6-11(2)12(8-10)13(15)9-17-14-4-3-7-16-14/h3-8,13H,9,15H2,1-2H3. The van der Waals surface area contributed by atoms with Crippen LogP contribution >= 0.6 is 23.1 Å². The Morgan fingerprint density at radius 3 is 2.82 bits per heavy atom. The Labute approximate surface area is 111 Å². The Morgan fingerprint density at radius 2 is 2.12 bits per heavy atom. The summed E-state index contributed by atoms with van der Waals surface area (Å²) in [6.07, 6.45) is 0. The Morgan fingerprint density at radius 1 is 1.29 bits per heavy atom. The van der Waals surface area contributed by atoms with Crippen LogP contribution < -0.4 is 5.73 Å². The molecule has 0 saturated heterocycles. The average molecular weight is 263 g/mol. The van der Waals surface area contributed by atoms with Gasteiger partial charge in [-0.3, -0.25) is 0 Å². The van der Waals surface area contributed by atoms with Gasteiger partial charge in [-0.1, -0.05) is 29.8 Å². The first-order chi connectivity index (χ1) is 8.16. The summed E-state index contributed by atoms with van der Waals surface area (Å²) in [6.45, 7) is 4.24. The molecule has 1 aromatic carbocycles. The smallest absolute Gasteiger partial charge is 0.0599 e. The minimum Gasteiger partial charge on any atom is -0.323 e. The highest BCUT2D eigenvalue weighted by Crippen LogP contribution is 2.28. The predicted molar refractivity (Wildman–Crippen MR) is 77.9 cm³/mol. The Kier molecular flexibility index (Phi) is 4.26. The van der Waals surface area contributed by atoms with Gasteiger partial charge in [-0.05, 0) is 36.4 Å². The molecule has 0 aliphatic rings. The van der Waals surface area contributed by atoms with Gasteiger partial charge in [-0.2, -0.15) is 0 Å². The SMILES string of the molecule is Cc1ccc(C)c(C(N)CSc2cccs2)c1. The highest BCUT2D eigenvalue weighted by molar-refractivity contribution is 8.01. The Bertz CT molecular complexity index is 477. The summed E-state index contributed by atoms with van der Waals surface area (Å²) < 4.78 is 1.34. The molecule has 0 fully saturated rings. The molecule has 17 heavy (non-hydrogen) atoms. The minimum absolute atomic E-state index is 0.113. The van der Waals surface area contributed by atoms with E-state index in [0.717, 1.165) is 5.75 Å². The molecule has 2 aromatic rings. The zero-order valence-electron chi connectivity index (χ0n) is 10.1. The van der Waals surface area contributed by atoms with Gasteiger partial charge in [0.1, 0.15) is 0 Å². The maximum atomic E-state index is 6.27. The highest BCUT2D eigenvalue weighted by atomic mass is 32.2. The number of benzene rings is 1. The van der Waals surface area contributed by atoms with Crippen LogP contribution in [0.5, 0.6) is 0 Å². The molecule has 90 valence electrons. The molecule has 1 nitrogen and oxygen atoms in total. The third-order valence-corrected chi connectivity index (χ3v) is 4.98. The second-order valence-electron chi connectivity index (χ2n) is 4.21. The van der Waals surface area contributed by atoms with E-state index in [1.807, 2.05) is 11.8 Å². The molecule has 0 aliphatic heterocycles. The van der Waals surface area contributed by atoms with Crippen molar-refractivity contribution < 1.29 is 0 Å². The van der Waals surface area contributed by atoms with E-state index in [-0.39, 0.29) is 6.04 Å². The number of hydrogen-bond donors (Lipinski definition) is 1. The van der Waals surface area contributed by atoms with Crippen LogP contribution in [0.3, 0.4) is 0 Å². The highest BCUT2D eigenvalue weighted by Gasteiger charge is 2.10. The minimum atomic E-state index is 0.113. The van der Waals surface area contributed by atoms with E-state index in [1.165, 1.54) is 20.9 Å². The van der Waals surface area contributed by atoms with Crippen LogP contribution in [0.15, 0.2) is 39.9 Å². The van der Waals surface area contributed by atoms with Crippen molar-refractivity contribution in [3.63, 3.8) is 0 Å². The van der Waals surface area contributed by atoms with Gasteiger partial charge < -0.3 is 5.73 Å². The quantitative estimate of drug-likeness (QED) is 0.838. The summed E-state index contributed by atoms with van der Waals surface area (Å²) in [4.78, 5) is 0. The predicted octanol–water partition coefficient (Wildman–Crippen LogP) is 4.16. The first kappa shape index (κ1) is 12.7. The molecule has 0 radical (unpaired) electrons. The second-order valence-corrected chi connectivity index (χ2v) is 6.48. The molecule has 0 saturated carbocycles. The van der Waals surface area contributed by atoms with Crippen molar-refractivity contribution >= 4 is 23.1 Å². The fraction of sp³-hybridized carbons (Fsp3) is 0.286. The van der Waals surface area contributed by atoms with Crippen LogP contribution in [0.2, 0.25) is 0 Å². The van der Waals surface area contributed by atoms with E-state index in [4.69, 9.17) is 5.73 Å². The molecule has 1 atom stereocenters. The van der Waals surface area contributed by atoms with Crippen molar-refractivity contribution in [2.45, 2.75) is 24.1 Å². The first-order valence-corrected chi connectivity index (χ1v) is 7.52. The van der Waals surface area contributed by atoms with Gasteiger partial charge >= 0.3 is 0 Å². The van der Waals surface area contributed by atoms with Gasteiger partial charge in [-0.25, -0.2) is 0 Å². The molecule has 2 rings (SSSR count). The van der Waals surface area contributed by atoms with E-state index < -0.39 is 0 Å². The lowest BCUT2D eigenvalue weighted by molar-refractivity contribution is 0.821.